The molecule has 1 amide bonds. The van der Waals surface area contributed by atoms with Crippen LogP contribution in [0.15, 0.2) is 12.7 Å². The molecule has 1 heterocycles. The first-order valence-corrected chi connectivity index (χ1v) is 6.00. The summed E-state index contributed by atoms with van der Waals surface area (Å²) in [4.78, 5) is 13.5. The van der Waals surface area contributed by atoms with E-state index in [2.05, 4.69) is 6.58 Å². The molecule has 0 aromatic carbocycles. The van der Waals surface area contributed by atoms with Gasteiger partial charge in [-0.25, -0.2) is 0 Å². The van der Waals surface area contributed by atoms with Gasteiger partial charge >= 0.3 is 0 Å². The van der Waals surface area contributed by atoms with Crippen molar-refractivity contribution in [2.45, 2.75) is 33.1 Å². The van der Waals surface area contributed by atoms with Gasteiger partial charge in [-0.3, -0.25) is 4.79 Å². The number of aliphatic hydroxyl groups is 1. The number of carbonyl (C=O) groups is 1. The minimum atomic E-state index is -0.0272. The Labute approximate surface area is 98.1 Å². The highest BCUT2D eigenvalue weighted by Crippen LogP contribution is 2.23. The third-order valence-electron chi connectivity index (χ3n) is 3.29. The Morgan fingerprint density at radius 1 is 1.62 bits per heavy atom. The summed E-state index contributed by atoms with van der Waals surface area (Å²) in [6, 6.07) is 0. The zero-order valence-electron chi connectivity index (χ0n) is 10.4. The van der Waals surface area contributed by atoms with Crippen molar-refractivity contribution < 1.29 is 9.90 Å². The fourth-order valence-electron chi connectivity index (χ4n) is 2.00. The number of carbonyl (C=O) groups excluding carboxylic acids is 1. The molecule has 3 nitrogen and oxygen atoms in total. The van der Waals surface area contributed by atoms with Gasteiger partial charge in [0.1, 0.15) is 0 Å². The zero-order chi connectivity index (χ0) is 12.2. The lowest BCUT2D eigenvalue weighted by Crippen LogP contribution is -2.27. The van der Waals surface area contributed by atoms with Crippen LogP contribution < -0.4 is 0 Å². The minimum absolute atomic E-state index is 0.0272. The molecule has 92 valence electrons. The predicted octanol–water partition coefficient (Wildman–Crippen LogP) is 1.82. The van der Waals surface area contributed by atoms with Crippen LogP contribution in [0, 0.1) is 11.3 Å². The fourth-order valence-corrected chi connectivity index (χ4v) is 2.00. The van der Waals surface area contributed by atoms with Crippen LogP contribution in [0.1, 0.15) is 33.1 Å². The van der Waals surface area contributed by atoms with Crippen molar-refractivity contribution >= 4 is 5.91 Å². The highest BCUT2D eigenvalue weighted by atomic mass is 16.3. The second-order valence-corrected chi connectivity index (χ2v) is 5.47. The molecule has 0 aromatic rings. The molecule has 0 spiro atoms. The van der Waals surface area contributed by atoms with Crippen molar-refractivity contribution in [3.63, 3.8) is 0 Å². The van der Waals surface area contributed by atoms with Gasteiger partial charge in [-0.1, -0.05) is 19.9 Å². The Bertz CT molecular complexity index is 261. The Balaban J connectivity index is 2.28. The maximum atomic E-state index is 11.6. The zero-order valence-corrected chi connectivity index (χ0v) is 10.4. The number of amides is 1. The summed E-state index contributed by atoms with van der Waals surface area (Å²) in [6.45, 7) is 9.66. The molecule has 1 aliphatic rings. The highest BCUT2D eigenvalue weighted by molar-refractivity contribution is 5.78. The van der Waals surface area contributed by atoms with Crippen molar-refractivity contribution in [2.24, 2.45) is 11.3 Å². The van der Waals surface area contributed by atoms with Crippen LogP contribution >= 0.6 is 0 Å². The summed E-state index contributed by atoms with van der Waals surface area (Å²) in [7, 11) is 0. The first-order valence-electron chi connectivity index (χ1n) is 6.00. The second kappa shape index (κ2) is 5.48. The molecule has 1 aliphatic heterocycles. The molecular weight excluding hydrogens is 202 g/mol. The molecule has 0 saturated carbocycles. The molecule has 1 atom stereocenters. The fraction of sp³-hybridized carbons (Fsp3) is 0.769. The van der Waals surface area contributed by atoms with E-state index in [1.54, 1.807) is 0 Å². The summed E-state index contributed by atoms with van der Waals surface area (Å²) < 4.78 is 0. The molecule has 1 saturated heterocycles. The number of nitrogens with zero attached hydrogens (tertiary/aromatic N) is 1. The van der Waals surface area contributed by atoms with Crippen LogP contribution in [0.25, 0.3) is 0 Å². The summed E-state index contributed by atoms with van der Waals surface area (Å²) in [5, 5.41) is 9.12. The predicted molar refractivity (Wildman–Crippen MR) is 65.0 cm³/mol. The Morgan fingerprint density at radius 2 is 2.31 bits per heavy atom. The van der Waals surface area contributed by atoms with Gasteiger partial charge in [0.05, 0.1) is 0 Å². The van der Waals surface area contributed by atoms with Crippen molar-refractivity contribution in [3.8, 4) is 0 Å². The molecular formula is C13H23NO2. The van der Waals surface area contributed by atoms with Crippen LogP contribution in [-0.2, 0) is 4.79 Å². The van der Waals surface area contributed by atoms with E-state index in [0.717, 1.165) is 25.9 Å². The monoisotopic (exact) mass is 225 g/mol. The van der Waals surface area contributed by atoms with E-state index in [1.165, 1.54) is 0 Å². The van der Waals surface area contributed by atoms with Gasteiger partial charge in [0.15, 0.2) is 0 Å². The average molecular weight is 225 g/mol. The van der Waals surface area contributed by atoms with E-state index >= 15 is 0 Å². The first kappa shape index (κ1) is 13.2. The van der Waals surface area contributed by atoms with Crippen LogP contribution in [0.4, 0.5) is 0 Å². The molecule has 0 bridgehead atoms. The van der Waals surface area contributed by atoms with Gasteiger partial charge in [0, 0.05) is 32.0 Å². The maximum absolute atomic E-state index is 11.6. The largest absolute Gasteiger partial charge is 0.396 e. The third-order valence-corrected chi connectivity index (χ3v) is 3.29. The molecule has 16 heavy (non-hydrogen) atoms. The summed E-state index contributed by atoms with van der Waals surface area (Å²) in [5.41, 5.74) is -0.0272. The Hall–Kier alpha value is -0.830. The van der Waals surface area contributed by atoms with Crippen LogP contribution in [0.2, 0.25) is 0 Å². The number of aliphatic hydroxyl groups excluding tert-OH is 1. The van der Waals surface area contributed by atoms with Gasteiger partial charge in [0.25, 0.3) is 0 Å². The van der Waals surface area contributed by atoms with Crippen LogP contribution in [0.3, 0.4) is 0 Å². The highest BCUT2D eigenvalue weighted by Gasteiger charge is 2.27. The van der Waals surface area contributed by atoms with E-state index in [1.807, 2.05) is 24.8 Å². The van der Waals surface area contributed by atoms with Gasteiger partial charge in [-0.2, -0.15) is 0 Å². The van der Waals surface area contributed by atoms with Gasteiger partial charge in [-0.05, 0) is 18.3 Å². The molecule has 0 radical (unpaired) electrons. The van der Waals surface area contributed by atoms with E-state index in [4.69, 9.17) is 5.11 Å². The summed E-state index contributed by atoms with van der Waals surface area (Å²) >= 11 is 0. The summed E-state index contributed by atoms with van der Waals surface area (Å²) in [6.07, 6.45) is 4.40. The van der Waals surface area contributed by atoms with Crippen molar-refractivity contribution in [1.82, 2.24) is 4.90 Å². The quantitative estimate of drug-likeness (QED) is 0.700. The van der Waals surface area contributed by atoms with E-state index in [-0.39, 0.29) is 17.9 Å². The lowest BCUT2D eigenvalue weighted by atomic mass is 9.89. The third kappa shape index (κ3) is 3.63. The molecule has 3 heteroatoms. The number of likely N-dealkylation sites (tertiary alicyclic amines) is 1. The number of rotatable bonds is 6. The molecule has 1 fully saturated rings. The smallest absolute Gasteiger partial charge is 0.223 e. The number of hydrogen-bond acceptors (Lipinski definition) is 2. The van der Waals surface area contributed by atoms with E-state index in [0.29, 0.717) is 12.3 Å². The van der Waals surface area contributed by atoms with Crippen molar-refractivity contribution in [1.29, 1.82) is 0 Å². The normalized spacial score (nSPS) is 21.6. The topological polar surface area (TPSA) is 40.5 Å². The first-order chi connectivity index (χ1) is 7.48. The lowest BCUT2D eigenvalue weighted by molar-refractivity contribution is -0.127. The Kier molecular flexibility index (Phi) is 4.54. The van der Waals surface area contributed by atoms with Gasteiger partial charge < -0.3 is 10.0 Å². The van der Waals surface area contributed by atoms with Crippen LogP contribution in [-0.4, -0.2) is 35.6 Å². The summed E-state index contributed by atoms with van der Waals surface area (Å²) in [5.74, 6) is 0.574. The standard InChI is InChI=1S/C13H23NO2/c1-4-11-8-12(16)14(9-11)7-5-6-13(2,3)10-15/h4,11,15H,1,5-10H2,2-3H3. The van der Waals surface area contributed by atoms with Crippen LogP contribution in [0.5, 0.6) is 0 Å². The van der Waals surface area contributed by atoms with Crippen molar-refractivity contribution in [3.05, 3.63) is 12.7 Å². The van der Waals surface area contributed by atoms with E-state index < -0.39 is 0 Å². The SMILES string of the molecule is C=CC1CC(=O)N(CCCC(C)(C)CO)C1. The van der Waals surface area contributed by atoms with E-state index in [9.17, 15) is 4.79 Å². The minimum Gasteiger partial charge on any atom is -0.396 e. The second-order valence-electron chi connectivity index (χ2n) is 5.47. The maximum Gasteiger partial charge on any atom is 0.223 e. The van der Waals surface area contributed by atoms with Crippen molar-refractivity contribution in [2.75, 3.05) is 19.7 Å². The van der Waals surface area contributed by atoms with Gasteiger partial charge in [-0.15, -0.1) is 6.58 Å². The Morgan fingerprint density at radius 3 is 2.81 bits per heavy atom. The molecule has 1 rings (SSSR count). The average Bonchev–Trinajstić information content (AvgIpc) is 2.60. The molecule has 0 aromatic heterocycles. The molecule has 1 N–H and O–H groups in total. The molecule has 0 aliphatic carbocycles. The number of hydrogen-bond donors (Lipinski definition) is 1. The molecule has 1 unspecified atom stereocenters. The van der Waals surface area contributed by atoms with Gasteiger partial charge in [0.2, 0.25) is 5.91 Å². The lowest BCUT2D eigenvalue weighted by Gasteiger charge is -2.23.